The summed E-state index contributed by atoms with van der Waals surface area (Å²) < 4.78 is 34.6. The Labute approximate surface area is 115 Å². The van der Waals surface area contributed by atoms with Crippen LogP contribution in [0.1, 0.15) is 19.8 Å². The van der Waals surface area contributed by atoms with E-state index in [1.54, 1.807) is 11.6 Å². The van der Waals surface area contributed by atoms with Crippen LogP contribution in [0.4, 0.5) is 4.79 Å². The summed E-state index contributed by atoms with van der Waals surface area (Å²) >= 11 is 0. The summed E-state index contributed by atoms with van der Waals surface area (Å²) in [6.45, 7) is 1.71. The number of rotatable bonds is 8. The highest BCUT2D eigenvalue weighted by molar-refractivity contribution is 7.88. The number of carbonyl (C=O) groups excluding carboxylic acids is 2. The van der Waals surface area contributed by atoms with Crippen molar-refractivity contribution < 1.29 is 37.4 Å². The molecule has 116 valence electrons. The van der Waals surface area contributed by atoms with Crippen LogP contribution in [-0.2, 0) is 29.3 Å². The van der Waals surface area contributed by atoms with E-state index in [0.29, 0.717) is 0 Å². The Kier molecular flexibility index (Phi) is 7.54. The largest absolute Gasteiger partial charge is 0.480 e. The zero-order chi connectivity index (χ0) is 15.8. The lowest BCUT2D eigenvalue weighted by Gasteiger charge is -2.14. The van der Waals surface area contributed by atoms with Gasteiger partial charge in [-0.25, -0.2) is 9.52 Å². The van der Waals surface area contributed by atoms with E-state index in [-0.39, 0.29) is 19.4 Å². The Morgan fingerprint density at radius 1 is 1.30 bits per heavy atom. The zero-order valence-corrected chi connectivity index (χ0v) is 11.7. The molecular weight excluding hydrogens is 296 g/mol. The quantitative estimate of drug-likeness (QED) is 0.482. The van der Waals surface area contributed by atoms with Crippen molar-refractivity contribution in [2.75, 3.05) is 13.7 Å². The van der Waals surface area contributed by atoms with Crippen molar-refractivity contribution >= 4 is 28.2 Å². The Morgan fingerprint density at radius 3 is 2.35 bits per heavy atom. The van der Waals surface area contributed by atoms with Crippen LogP contribution in [0.3, 0.4) is 0 Å². The molecule has 0 aromatic rings. The molecule has 20 heavy (non-hydrogen) atoms. The topological polar surface area (TPSA) is 148 Å². The van der Waals surface area contributed by atoms with Crippen molar-refractivity contribution in [2.24, 2.45) is 0 Å². The van der Waals surface area contributed by atoms with E-state index in [0.717, 1.165) is 7.11 Å². The van der Waals surface area contributed by atoms with Gasteiger partial charge in [-0.1, -0.05) is 0 Å². The van der Waals surface area contributed by atoms with Crippen molar-refractivity contribution in [3.8, 4) is 0 Å². The fourth-order valence-corrected chi connectivity index (χ4v) is 2.05. The second-order valence-electron chi connectivity index (χ2n) is 3.45. The molecule has 1 amide bonds. The second-order valence-corrected chi connectivity index (χ2v) is 4.90. The molecule has 0 spiro atoms. The molecular formula is C9H16N2O8S. The molecule has 0 fully saturated rings. The molecule has 3 N–H and O–H groups in total. The van der Waals surface area contributed by atoms with Crippen LogP contribution in [0.25, 0.3) is 0 Å². The summed E-state index contributed by atoms with van der Waals surface area (Å²) in [7, 11) is -3.46. The van der Waals surface area contributed by atoms with Crippen molar-refractivity contribution in [1.29, 1.82) is 0 Å². The van der Waals surface area contributed by atoms with Gasteiger partial charge in [0.05, 0.1) is 13.7 Å². The molecule has 0 saturated carbocycles. The molecule has 11 heteroatoms. The number of methoxy groups -OCH3 is 1. The number of carboxylic acids is 1. The van der Waals surface area contributed by atoms with Gasteiger partial charge in [0.1, 0.15) is 6.04 Å². The van der Waals surface area contributed by atoms with E-state index in [2.05, 4.69) is 9.47 Å². The molecule has 10 nitrogen and oxygen atoms in total. The fraction of sp³-hybridized carbons (Fsp3) is 0.667. The lowest BCUT2D eigenvalue weighted by atomic mass is 10.2. The lowest BCUT2D eigenvalue weighted by molar-refractivity contribution is -0.144. The molecule has 0 heterocycles. The number of amides is 1. The monoisotopic (exact) mass is 312 g/mol. The summed E-state index contributed by atoms with van der Waals surface area (Å²) in [5, 5.41) is 8.85. The summed E-state index contributed by atoms with van der Waals surface area (Å²) in [6, 6.07) is -1.58. The highest BCUT2D eigenvalue weighted by Crippen LogP contribution is 2.01. The maximum atomic E-state index is 11.4. The third kappa shape index (κ3) is 7.53. The van der Waals surface area contributed by atoms with Gasteiger partial charge < -0.3 is 14.6 Å². The second kappa shape index (κ2) is 8.32. The smallest absolute Gasteiger partial charge is 0.421 e. The molecule has 1 atom stereocenters. The first kappa shape index (κ1) is 18.1. The predicted molar refractivity (Wildman–Crippen MR) is 64.9 cm³/mol. The van der Waals surface area contributed by atoms with Gasteiger partial charge in [-0.15, -0.1) is 0 Å². The van der Waals surface area contributed by atoms with Crippen molar-refractivity contribution in [2.45, 2.75) is 25.8 Å². The Balaban J connectivity index is 4.58. The van der Waals surface area contributed by atoms with E-state index in [4.69, 9.17) is 5.11 Å². The summed E-state index contributed by atoms with van der Waals surface area (Å²) in [6.07, 6.45) is -1.88. The van der Waals surface area contributed by atoms with Gasteiger partial charge in [-0.05, 0) is 13.3 Å². The first-order valence-electron chi connectivity index (χ1n) is 5.48. The normalized spacial score (nSPS) is 12.3. The van der Waals surface area contributed by atoms with Crippen molar-refractivity contribution in [1.82, 2.24) is 9.44 Å². The predicted octanol–water partition coefficient (Wildman–Crippen LogP) is -1.03. The minimum Gasteiger partial charge on any atom is -0.480 e. The first-order chi connectivity index (χ1) is 9.21. The maximum Gasteiger partial charge on any atom is 0.421 e. The van der Waals surface area contributed by atoms with Gasteiger partial charge in [0, 0.05) is 6.42 Å². The van der Waals surface area contributed by atoms with Crippen LogP contribution in [0, 0.1) is 0 Å². The van der Waals surface area contributed by atoms with Gasteiger partial charge in [0.15, 0.2) is 0 Å². The number of esters is 1. The number of hydrogen-bond donors (Lipinski definition) is 3. The van der Waals surface area contributed by atoms with E-state index in [9.17, 15) is 22.8 Å². The number of ether oxygens (including phenoxy) is 2. The van der Waals surface area contributed by atoms with E-state index in [1.807, 2.05) is 0 Å². The number of hydrogen-bond acceptors (Lipinski definition) is 7. The molecule has 0 saturated heterocycles. The molecule has 0 aliphatic rings. The molecule has 0 aromatic carbocycles. The highest BCUT2D eigenvalue weighted by Gasteiger charge is 2.26. The average Bonchev–Trinajstić information content (AvgIpc) is 2.33. The SMILES string of the molecule is CCOC(=O)CC[C@H](NS(=O)(=O)NC(=O)OC)C(=O)O. The van der Waals surface area contributed by atoms with Crippen LogP contribution in [-0.4, -0.2) is 51.3 Å². The Hall–Kier alpha value is -1.88. The number of nitrogens with one attached hydrogen (secondary N) is 2. The molecule has 0 unspecified atom stereocenters. The van der Waals surface area contributed by atoms with E-state index >= 15 is 0 Å². The van der Waals surface area contributed by atoms with Crippen LogP contribution in [0.2, 0.25) is 0 Å². The lowest BCUT2D eigenvalue weighted by Crippen LogP contribution is -2.48. The summed E-state index contributed by atoms with van der Waals surface area (Å²) in [4.78, 5) is 32.7. The molecule has 0 aliphatic carbocycles. The first-order valence-corrected chi connectivity index (χ1v) is 6.96. The number of carbonyl (C=O) groups is 3. The molecule has 0 rings (SSSR count). The van der Waals surface area contributed by atoms with Crippen LogP contribution in [0.5, 0.6) is 0 Å². The van der Waals surface area contributed by atoms with Crippen molar-refractivity contribution in [3.05, 3.63) is 0 Å². The highest BCUT2D eigenvalue weighted by atomic mass is 32.2. The van der Waals surface area contributed by atoms with Gasteiger partial charge >= 0.3 is 28.2 Å². The van der Waals surface area contributed by atoms with E-state index in [1.165, 1.54) is 4.72 Å². The average molecular weight is 312 g/mol. The third-order valence-corrected chi connectivity index (χ3v) is 2.97. The standard InChI is InChI=1S/C9H16N2O8S/c1-3-19-7(12)5-4-6(8(13)14)10-20(16,17)11-9(15)18-2/h6,10H,3-5H2,1-2H3,(H,11,15)(H,13,14)/t6-/m0/s1. The van der Waals surface area contributed by atoms with Gasteiger partial charge in [0.2, 0.25) is 0 Å². The maximum absolute atomic E-state index is 11.4. The molecule has 0 bridgehead atoms. The van der Waals surface area contributed by atoms with Gasteiger partial charge in [-0.3, -0.25) is 9.59 Å². The van der Waals surface area contributed by atoms with Crippen LogP contribution in [0.15, 0.2) is 0 Å². The van der Waals surface area contributed by atoms with Gasteiger partial charge in [-0.2, -0.15) is 13.1 Å². The summed E-state index contributed by atoms with van der Waals surface area (Å²) in [5.41, 5.74) is 0. The Morgan fingerprint density at radius 2 is 1.90 bits per heavy atom. The minimum absolute atomic E-state index is 0.131. The van der Waals surface area contributed by atoms with Crippen LogP contribution < -0.4 is 9.44 Å². The molecule has 0 aromatic heterocycles. The molecule has 0 radical (unpaired) electrons. The number of carboxylic acid groups (broad SMARTS) is 1. The minimum atomic E-state index is -4.40. The van der Waals surface area contributed by atoms with E-state index < -0.39 is 34.3 Å². The fourth-order valence-electron chi connectivity index (χ4n) is 1.10. The summed E-state index contributed by atoms with van der Waals surface area (Å²) in [5.74, 6) is -2.15. The van der Waals surface area contributed by atoms with Crippen LogP contribution >= 0.6 is 0 Å². The Bertz CT molecular complexity index is 461. The van der Waals surface area contributed by atoms with Gasteiger partial charge in [0.25, 0.3) is 0 Å². The number of aliphatic carboxylic acids is 1. The third-order valence-electron chi connectivity index (χ3n) is 1.94. The molecule has 0 aliphatic heterocycles. The van der Waals surface area contributed by atoms with Crippen molar-refractivity contribution in [3.63, 3.8) is 0 Å². The zero-order valence-electron chi connectivity index (χ0n) is 10.9.